The molecule has 0 amide bonds. The van der Waals surface area contributed by atoms with Crippen molar-refractivity contribution in [2.75, 3.05) is 44.8 Å². The summed E-state index contributed by atoms with van der Waals surface area (Å²) in [4.78, 5) is 4.41. The molecule has 0 bridgehead atoms. The van der Waals surface area contributed by atoms with Crippen molar-refractivity contribution in [3.63, 3.8) is 0 Å². The maximum atomic E-state index is 15.0. The fourth-order valence-electron chi connectivity index (χ4n) is 4.38. The van der Waals surface area contributed by atoms with Crippen molar-refractivity contribution in [2.45, 2.75) is 12.5 Å². The van der Waals surface area contributed by atoms with Crippen molar-refractivity contribution in [1.29, 1.82) is 0 Å². The lowest BCUT2D eigenvalue weighted by atomic mass is 9.84. The fourth-order valence-corrected chi connectivity index (χ4v) is 4.38. The third-order valence-corrected chi connectivity index (χ3v) is 5.75. The predicted molar refractivity (Wildman–Crippen MR) is 104 cm³/mol. The van der Waals surface area contributed by atoms with Gasteiger partial charge in [0.25, 0.3) is 0 Å². The molecule has 1 atom stereocenters. The summed E-state index contributed by atoms with van der Waals surface area (Å²) >= 11 is 0. The molecule has 1 saturated heterocycles. The molecule has 5 rings (SSSR count). The summed E-state index contributed by atoms with van der Waals surface area (Å²) in [5.74, 6) is 0.0286. The number of rotatable bonds is 2. The van der Waals surface area contributed by atoms with E-state index in [1.165, 1.54) is 11.1 Å². The number of hydrogen-bond acceptors (Lipinski definition) is 4. The maximum Gasteiger partial charge on any atom is 0.146 e. The van der Waals surface area contributed by atoms with Crippen LogP contribution in [-0.2, 0) is 11.3 Å². The minimum atomic E-state index is -0.130. The highest BCUT2D eigenvalue weighted by atomic mass is 19.1. The molecule has 2 aliphatic heterocycles. The smallest absolute Gasteiger partial charge is 0.146 e. The first-order valence-electron chi connectivity index (χ1n) is 9.50. The van der Waals surface area contributed by atoms with Crippen molar-refractivity contribution in [3.8, 4) is 0 Å². The molecule has 1 fully saturated rings. The number of ether oxygens (including phenoxy) is 1. The van der Waals surface area contributed by atoms with Crippen LogP contribution < -0.4 is 4.90 Å². The Kier molecular flexibility index (Phi) is 4.14. The summed E-state index contributed by atoms with van der Waals surface area (Å²) in [6, 6.07) is 12.1. The Morgan fingerprint density at radius 3 is 2.78 bits per heavy atom. The van der Waals surface area contributed by atoms with Crippen LogP contribution in [0.5, 0.6) is 0 Å². The number of morpholine rings is 1. The van der Waals surface area contributed by atoms with E-state index < -0.39 is 0 Å². The van der Waals surface area contributed by atoms with Crippen LogP contribution in [0, 0.1) is 5.82 Å². The summed E-state index contributed by atoms with van der Waals surface area (Å²) in [6.45, 7) is 4.52. The van der Waals surface area contributed by atoms with Gasteiger partial charge in [-0.2, -0.15) is 0 Å². The van der Waals surface area contributed by atoms with Gasteiger partial charge in [-0.15, -0.1) is 0 Å². The first-order valence-corrected chi connectivity index (χ1v) is 9.50. The summed E-state index contributed by atoms with van der Waals surface area (Å²) in [7, 11) is 2.13. The van der Waals surface area contributed by atoms with Crippen molar-refractivity contribution in [2.24, 2.45) is 0 Å². The lowest BCUT2D eigenvalue weighted by molar-refractivity contribution is 0.122. The molecule has 0 spiro atoms. The van der Waals surface area contributed by atoms with Gasteiger partial charge >= 0.3 is 0 Å². The Morgan fingerprint density at radius 1 is 1.07 bits per heavy atom. The highest BCUT2D eigenvalue weighted by molar-refractivity contribution is 5.78. The van der Waals surface area contributed by atoms with Crippen molar-refractivity contribution in [3.05, 3.63) is 65.2 Å². The third kappa shape index (κ3) is 3.01. The molecule has 2 aliphatic rings. The Hall–Kier alpha value is -2.37. The van der Waals surface area contributed by atoms with E-state index in [9.17, 15) is 0 Å². The molecule has 0 radical (unpaired) electrons. The first kappa shape index (κ1) is 16.8. The highest BCUT2D eigenvalue weighted by Crippen LogP contribution is 2.37. The zero-order chi connectivity index (χ0) is 18.4. The molecule has 3 heterocycles. The van der Waals surface area contributed by atoms with Crippen LogP contribution in [0.15, 0.2) is 47.1 Å². The molecule has 5 heteroatoms. The number of nitrogens with zero attached hydrogens (tertiary/aromatic N) is 2. The number of hydrogen-bond donors (Lipinski definition) is 0. The monoisotopic (exact) mass is 366 g/mol. The minimum absolute atomic E-state index is 0.130. The van der Waals surface area contributed by atoms with E-state index in [0.717, 1.165) is 42.7 Å². The quantitative estimate of drug-likeness (QED) is 0.686. The summed E-state index contributed by atoms with van der Waals surface area (Å²) in [5.41, 5.74) is 5.11. The molecule has 27 heavy (non-hydrogen) atoms. The number of likely N-dealkylation sites (N-methyl/N-ethyl adjacent to an activating group) is 1. The summed E-state index contributed by atoms with van der Waals surface area (Å²) in [6.07, 6.45) is 1.71. The van der Waals surface area contributed by atoms with E-state index in [2.05, 4.69) is 35.0 Å². The van der Waals surface area contributed by atoms with Crippen LogP contribution in [0.2, 0.25) is 0 Å². The van der Waals surface area contributed by atoms with Gasteiger partial charge < -0.3 is 19.0 Å². The van der Waals surface area contributed by atoms with Gasteiger partial charge in [-0.3, -0.25) is 0 Å². The molecular formula is C22H23FN2O2. The van der Waals surface area contributed by atoms with Gasteiger partial charge in [0.2, 0.25) is 0 Å². The molecule has 140 valence electrons. The second kappa shape index (κ2) is 6.66. The Balaban J connectivity index is 1.57. The highest BCUT2D eigenvalue weighted by Gasteiger charge is 2.28. The number of anilines is 1. The van der Waals surface area contributed by atoms with E-state index in [1.807, 2.05) is 12.1 Å². The standard InChI is InChI=1S/C22H23FN2O2/c1-24-13-17-11-21(25-5-8-26-9-6-25)20(23)12-18(17)19(14-24)15-2-3-22-16(10-15)4-7-27-22/h2-4,7,10-12,19H,5-6,8-9,13-14H2,1H3. The molecule has 3 aromatic rings. The minimum Gasteiger partial charge on any atom is -0.464 e. The predicted octanol–water partition coefficient (Wildman–Crippen LogP) is 3.99. The van der Waals surface area contributed by atoms with Crippen LogP contribution in [0.25, 0.3) is 11.0 Å². The Labute approximate surface area is 158 Å². The normalized spacial score (nSPS) is 20.8. The summed E-state index contributed by atoms with van der Waals surface area (Å²) in [5, 5.41) is 1.09. The fraction of sp³-hybridized carbons (Fsp3) is 0.364. The van der Waals surface area contributed by atoms with Gasteiger partial charge in [0, 0.05) is 37.5 Å². The van der Waals surface area contributed by atoms with Crippen LogP contribution in [0.3, 0.4) is 0 Å². The zero-order valence-electron chi connectivity index (χ0n) is 15.5. The average molecular weight is 366 g/mol. The zero-order valence-corrected chi connectivity index (χ0v) is 15.5. The molecule has 0 aliphatic carbocycles. The van der Waals surface area contributed by atoms with E-state index in [-0.39, 0.29) is 11.7 Å². The van der Waals surface area contributed by atoms with Crippen LogP contribution in [0.4, 0.5) is 10.1 Å². The number of furan rings is 1. The summed E-state index contributed by atoms with van der Waals surface area (Å²) < 4.78 is 25.9. The maximum absolute atomic E-state index is 15.0. The van der Waals surface area contributed by atoms with Gasteiger partial charge in [-0.25, -0.2) is 4.39 Å². The lowest BCUT2D eigenvalue weighted by Gasteiger charge is -2.35. The van der Waals surface area contributed by atoms with Crippen molar-refractivity contribution >= 4 is 16.7 Å². The van der Waals surface area contributed by atoms with Crippen LogP contribution in [0.1, 0.15) is 22.6 Å². The molecule has 2 aromatic carbocycles. The molecular weight excluding hydrogens is 343 g/mol. The van der Waals surface area contributed by atoms with Crippen LogP contribution in [-0.4, -0.2) is 44.8 Å². The van der Waals surface area contributed by atoms with Gasteiger partial charge in [-0.05, 0) is 54.1 Å². The van der Waals surface area contributed by atoms with Gasteiger partial charge in [0.1, 0.15) is 11.4 Å². The first-order chi connectivity index (χ1) is 13.2. The number of fused-ring (bicyclic) bond motifs is 2. The molecule has 4 nitrogen and oxygen atoms in total. The largest absolute Gasteiger partial charge is 0.464 e. The number of halogens is 1. The van der Waals surface area contributed by atoms with E-state index in [4.69, 9.17) is 9.15 Å². The second-order valence-corrected chi connectivity index (χ2v) is 7.57. The van der Waals surface area contributed by atoms with Gasteiger partial charge in [0.15, 0.2) is 0 Å². The number of benzene rings is 2. The molecule has 0 N–H and O–H groups in total. The third-order valence-electron chi connectivity index (χ3n) is 5.75. The van der Waals surface area contributed by atoms with E-state index in [1.54, 1.807) is 12.3 Å². The molecule has 1 unspecified atom stereocenters. The second-order valence-electron chi connectivity index (χ2n) is 7.57. The Bertz CT molecular complexity index is 978. The van der Waals surface area contributed by atoms with Gasteiger partial charge in [-0.1, -0.05) is 6.07 Å². The molecule has 1 aromatic heterocycles. The SMILES string of the molecule is CN1Cc2cc(N3CCOCC3)c(F)cc2C(c2ccc3occc3c2)C1. The van der Waals surface area contributed by atoms with Gasteiger partial charge in [0.05, 0.1) is 25.2 Å². The Morgan fingerprint density at radius 2 is 1.93 bits per heavy atom. The lowest BCUT2D eigenvalue weighted by Crippen LogP contribution is -2.37. The van der Waals surface area contributed by atoms with Crippen molar-refractivity contribution in [1.82, 2.24) is 4.90 Å². The van der Waals surface area contributed by atoms with E-state index >= 15 is 4.39 Å². The van der Waals surface area contributed by atoms with E-state index in [0.29, 0.717) is 18.9 Å². The van der Waals surface area contributed by atoms with Crippen LogP contribution >= 0.6 is 0 Å². The molecule has 0 saturated carbocycles. The topological polar surface area (TPSA) is 28.9 Å². The average Bonchev–Trinajstić information content (AvgIpc) is 3.16. The van der Waals surface area contributed by atoms with Crippen molar-refractivity contribution < 1.29 is 13.5 Å².